The van der Waals surface area contributed by atoms with Crippen molar-refractivity contribution in [1.29, 1.82) is 0 Å². The largest absolute Gasteiger partial charge is 0.481 e. The van der Waals surface area contributed by atoms with Gasteiger partial charge >= 0.3 is 5.97 Å². The fourth-order valence-corrected chi connectivity index (χ4v) is 4.01. The Hall–Kier alpha value is -0.790. The van der Waals surface area contributed by atoms with Gasteiger partial charge in [-0.15, -0.1) is 0 Å². The first kappa shape index (κ1) is 8.51. The Balaban J connectivity index is 1.70. The van der Waals surface area contributed by atoms with E-state index in [0.29, 0.717) is 12.3 Å². The third-order valence-electron chi connectivity index (χ3n) is 4.47. The fraction of sp³-hybridized carbons (Fsp3) is 0.750. The summed E-state index contributed by atoms with van der Waals surface area (Å²) in [4.78, 5) is 10.6. The number of carboxylic acids is 1. The van der Waals surface area contributed by atoms with Crippen molar-refractivity contribution in [3.05, 3.63) is 12.2 Å². The van der Waals surface area contributed by atoms with Crippen LogP contribution < -0.4 is 0 Å². The molecule has 3 aliphatic carbocycles. The smallest absolute Gasteiger partial charge is 0.303 e. The first-order valence-corrected chi connectivity index (χ1v) is 5.64. The minimum atomic E-state index is -0.615. The van der Waals surface area contributed by atoms with E-state index in [9.17, 15) is 4.79 Å². The summed E-state index contributed by atoms with van der Waals surface area (Å²) in [6, 6.07) is 0. The SMILES string of the molecule is O=C(O)CC1CC2C3C=CC(C3)C2C1. The fourth-order valence-electron chi connectivity index (χ4n) is 4.01. The molecule has 2 fully saturated rings. The lowest BCUT2D eigenvalue weighted by Gasteiger charge is -2.19. The van der Waals surface area contributed by atoms with Crippen LogP contribution in [0.3, 0.4) is 0 Å². The molecule has 1 N–H and O–H groups in total. The number of carbonyl (C=O) groups is 1. The second-order valence-electron chi connectivity index (χ2n) is 5.21. The van der Waals surface area contributed by atoms with Crippen LogP contribution in [0.25, 0.3) is 0 Å². The molecule has 0 amide bonds. The molecular formula is C12H16O2. The molecule has 0 aromatic carbocycles. The molecule has 3 aliphatic rings. The van der Waals surface area contributed by atoms with E-state index >= 15 is 0 Å². The maximum Gasteiger partial charge on any atom is 0.303 e. The number of rotatable bonds is 2. The van der Waals surface area contributed by atoms with Crippen LogP contribution in [0.1, 0.15) is 25.7 Å². The zero-order valence-electron chi connectivity index (χ0n) is 8.23. The standard InChI is InChI=1S/C12H16O2/c13-12(14)5-7-3-10-8-1-2-9(6-8)11(10)4-7/h1-2,7-11H,3-6H2,(H,13,14). The first-order valence-electron chi connectivity index (χ1n) is 5.64. The highest BCUT2D eigenvalue weighted by atomic mass is 16.4. The van der Waals surface area contributed by atoms with E-state index in [0.717, 1.165) is 23.7 Å². The van der Waals surface area contributed by atoms with Crippen LogP contribution in [0.15, 0.2) is 12.2 Å². The van der Waals surface area contributed by atoms with Gasteiger partial charge in [-0.05, 0) is 48.9 Å². The molecule has 4 atom stereocenters. The molecule has 0 aromatic rings. The monoisotopic (exact) mass is 192 g/mol. The van der Waals surface area contributed by atoms with Crippen LogP contribution in [0.5, 0.6) is 0 Å². The number of hydrogen-bond donors (Lipinski definition) is 1. The number of allylic oxidation sites excluding steroid dienone is 2. The summed E-state index contributed by atoms with van der Waals surface area (Å²) in [5.41, 5.74) is 0. The van der Waals surface area contributed by atoms with Crippen molar-refractivity contribution in [1.82, 2.24) is 0 Å². The molecule has 2 heteroatoms. The van der Waals surface area contributed by atoms with Crippen molar-refractivity contribution in [3.63, 3.8) is 0 Å². The van der Waals surface area contributed by atoms with Gasteiger partial charge in [0.05, 0.1) is 0 Å². The van der Waals surface area contributed by atoms with Crippen molar-refractivity contribution in [2.24, 2.45) is 29.6 Å². The van der Waals surface area contributed by atoms with Gasteiger partial charge in [0.2, 0.25) is 0 Å². The van der Waals surface area contributed by atoms with Crippen molar-refractivity contribution in [2.75, 3.05) is 0 Å². The number of fused-ring (bicyclic) bond motifs is 5. The van der Waals surface area contributed by atoms with Crippen molar-refractivity contribution in [2.45, 2.75) is 25.7 Å². The van der Waals surface area contributed by atoms with Gasteiger partial charge in [-0.1, -0.05) is 12.2 Å². The highest BCUT2D eigenvalue weighted by molar-refractivity contribution is 5.67. The van der Waals surface area contributed by atoms with E-state index in [1.807, 2.05) is 0 Å². The normalized spacial score (nSPS) is 48.4. The second kappa shape index (κ2) is 2.85. The average molecular weight is 192 g/mol. The Labute approximate surface area is 84.0 Å². The van der Waals surface area contributed by atoms with Gasteiger partial charge in [0.25, 0.3) is 0 Å². The summed E-state index contributed by atoms with van der Waals surface area (Å²) in [5.74, 6) is 3.10. The summed E-state index contributed by atoms with van der Waals surface area (Å²) < 4.78 is 0. The summed E-state index contributed by atoms with van der Waals surface area (Å²) in [6.07, 6.45) is 8.83. The minimum Gasteiger partial charge on any atom is -0.481 e. The van der Waals surface area contributed by atoms with E-state index in [2.05, 4.69) is 12.2 Å². The first-order chi connectivity index (χ1) is 6.74. The van der Waals surface area contributed by atoms with Crippen LogP contribution in [-0.4, -0.2) is 11.1 Å². The number of aliphatic carboxylic acids is 1. The molecule has 0 radical (unpaired) electrons. The molecule has 0 spiro atoms. The summed E-state index contributed by atoms with van der Waals surface area (Å²) in [5, 5.41) is 8.77. The number of hydrogen-bond acceptors (Lipinski definition) is 1. The lowest BCUT2D eigenvalue weighted by atomic mass is 9.86. The van der Waals surface area contributed by atoms with Gasteiger partial charge in [0.15, 0.2) is 0 Å². The number of carboxylic acid groups (broad SMARTS) is 1. The Bertz CT molecular complexity index is 275. The van der Waals surface area contributed by atoms with E-state index < -0.39 is 5.97 Å². The van der Waals surface area contributed by atoms with Crippen LogP contribution in [0, 0.1) is 29.6 Å². The lowest BCUT2D eigenvalue weighted by molar-refractivity contribution is -0.138. The quantitative estimate of drug-likeness (QED) is 0.682. The molecule has 4 unspecified atom stereocenters. The minimum absolute atomic E-state index is 0.395. The highest BCUT2D eigenvalue weighted by Crippen LogP contribution is 2.57. The molecule has 14 heavy (non-hydrogen) atoms. The van der Waals surface area contributed by atoms with Gasteiger partial charge in [-0.3, -0.25) is 4.79 Å². The molecular weight excluding hydrogens is 176 g/mol. The van der Waals surface area contributed by atoms with Crippen molar-refractivity contribution in [3.8, 4) is 0 Å². The van der Waals surface area contributed by atoms with E-state index in [1.54, 1.807) is 0 Å². The third-order valence-corrected chi connectivity index (χ3v) is 4.47. The molecule has 0 heterocycles. The molecule has 76 valence electrons. The topological polar surface area (TPSA) is 37.3 Å². The molecule has 2 bridgehead atoms. The molecule has 0 aliphatic heterocycles. The summed E-state index contributed by atoms with van der Waals surface area (Å²) in [6.45, 7) is 0. The molecule has 2 nitrogen and oxygen atoms in total. The molecule has 0 aromatic heterocycles. The van der Waals surface area contributed by atoms with Crippen LogP contribution in [0.2, 0.25) is 0 Å². The van der Waals surface area contributed by atoms with Gasteiger partial charge < -0.3 is 5.11 Å². The molecule has 3 rings (SSSR count). The zero-order chi connectivity index (χ0) is 9.71. The molecule has 2 saturated carbocycles. The Morgan fingerprint density at radius 3 is 2.21 bits per heavy atom. The van der Waals surface area contributed by atoms with Gasteiger partial charge in [0, 0.05) is 6.42 Å². The summed E-state index contributed by atoms with van der Waals surface area (Å²) >= 11 is 0. The zero-order valence-corrected chi connectivity index (χ0v) is 8.23. The average Bonchev–Trinajstić information content (AvgIpc) is 2.69. The lowest BCUT2D eigenvalue weighted by Crippen LogP contribution is -2.12. The Kier molecular flexibility index (Phi) is 1.73. The van der Waals surface area contributed by atoms with Crippen LogP contribution >= 0.6 is 0 Å². The van der Waals surface area contributed by atoms with Crippen LogP contribution in [0.4, 0.5) is 0 Å². The van der Waals surface area contributed by atoms with Crippen LogP contribution in [-0.2, 0) is 4.79 Å². The predicted molar refractivity (Wildman–Crippen MR) is 52.7 cm³/mol. The van der Waals surface area contributed by atoms with Gasteiger partial charge in [-0.2, -0.15) is 0 Å². The van der Waals surface area contributed by atoms with Crippen molar-refractivity contribution < 1.29 is 9.90 Å². The van der Waals surface area contributed by atoms with Crippen molar-refractivity contribution >= 4 is 5.97 Å². The van der Waals surface area contributed by atoms with Gasteiger partial charge in [-0.25, -0.2) is 0 Å². The molecule has 0 saturated heterocycles. The van der Waals surface area contributed by atoms with E-state index in [-0.39, 0.29) is 0 Å². The maximum atomic E-state index is 10.6. The highest BCUT2D eigenvalue weighted by Gasteiger charge is 2.49. The summed E-state index contributed by atoms with van der Waals surface area (Å²) in [7, 11) is 0. The van der Waals surface area contributed by atoms with E-state index in [4.69, 9.17) is 5.11 Å². The Morgan fingerprint density at radius 2 is 1.71 bits per heavy atom. The second-order valence-corrected chi connectivity index (χ2v) is 5.21. The third kappa shape index (κ3) is 1.13. The van der Waals surface area contributed by atoms with Gasteiger partial charge in [0.1, 0.15) is 0 Å². The van der Waals surface area contributed by atoms with E-state index in [1.165, 1.54) is 19.3 Å². The maximum absolute atomic E-state index is 10.6. The predicted octanol–water partition coefficient (Wildman–Crippen LogP) is 2.31. The Morgan fingerprint density at radius 1 is 1.14 bits per heavy atom.